The summed E-state index contributed by atoms with van der Waals surface area (Å²) in [5.74, 6) is 0.258. The minimum Gasteiger partial charge on any atom is -0.425 e. The first-order valence-electron chi connectivity index (χ1n) is 4.72. The molecule has 1 aliphatic rings. The summed E-state index contributed by atoms with van der Waals surface area (Å²) < 4.78 is 5.17. The van der Waals surface area contributed by atoms with Crippen molar-refractivity contribution in [1.82, 2.24) is 5.32 Å². The van der Waals surface area contributed by atoms with Gasteiger partial charge in [0.25, 0.3) is 0 Å². The number of hydrogen-bond acceptors (Lipinski definition) is 3. The quantitative estimate of drug-likeness (QED) is 0.584. The highest BCUT2D eigenvalue weighted by Crippen LogP contribution is 2.10. The zero-order valence-corrected chi connectivity index (χ0v) is 8.09. The molecular weight excluding hydrogens is 190 g/mol. The Morgan fingerprint density at radius 1 is 1.20 bits per heavy atom. The third-order valence-electron chi connectivity index (χ3n) is 2.00. The molecule has 1 N–H and O–H groups in total. The molecular formula is C12H11NO2. The van der Waals surface area contributed by atoms with Crippen LogP contribution in [0.5, 0.6) is 5.75 Å². The second-order valence-electron chi connectivity index (χ2n) is 3.12. The summed E-state index contributed by atoms with van der Waals surface area (Å²) in [5, 5.41) is 2.90. The highest BCUT2D eigenvalue weighted by atomic mass is 16.5. The molecule has 0 aromatic heterocycles. The molecule has 0 bridgehead atoms. The molecule has 2 rings (SSSR count). The maximum absolute atomic E-state index is 11.6. The third-order valence-corrected chi connectivity index (χ3v) is 2.00. The molecule has 1 unspecified atom stereocenters. The van der Waals surface area contributed by atoms with Crippen LogP contribution in [0.15, 0.2) is 54.8 Å². The van der Waals surface area contributed by atoms with Crippen molar-refractivity contribution in [2.75, 3.05) is 0 Å². The van der Waals surface area contributed by atoms with Crippen LogP contribution in [-0.4, -0.2) is 12.0 Å². The molecule has 1 heterocycles. The minimum atomic E-state index is -0.393. The summed E-state index contributed by atoms with van der Waals surface area (Å²) in [6.07, 6.45) is 7.11. The minimum absolute atomic E-state index is 0.304. The summed E-state index contributed by atoms with van der Waals surface area (Å²) in [6.45, 7) is 0. The largest absolute Gasteiger partial charge is 0.425 e. The maximum atomic E-state index is 11.6. The van der Waals surface area contributed by atoms with E-state index in [2.05, 4.69) is 5.32 Å². The Kier molecular flexibility index (Phi) is 2.83. The van der Waals surface area contributed by atoms with Crippen LogP contribution < -0.4 is 10.1 Å². The summed E-state index contributed by atoms with van der Waals surface area (Å²) in [4.78, 5) is 11.6. The lowest BCUT2D eigenvalue weighted by atomic mass is 10.2. The van der Waals surface area contributed by atoms with Crippen LogP contribution in [0.1, 0.15) is 0 Å². The van der Waals surface area contributed by atoms with Gasteiger partial charge in [-0.2, -0.15) is 0 Å². The van der Waals surface area contributed by atoms with Gasteiger partial charge in [0.2, 0.25) is 0 Å². The van der Waals surface area contributed by atoms with Crippen LogP contribution in [0.2, 0.25) is 0 Å². The predicted molar refractivity (Wildman–Crippen MR) is 57.3 cm³/mol. The Morgan fingerprint density at radius 3 is 2.67 bits per heavy atom. The van der Waals surface area contributed by atoms with Gasteiger partial charge in [0.1, 0.15) is 11.8 Å². The van der Waals surface area contributed by atoms with Gasteiger partial charge in [-0.25, -0.2) is 4.79 Å². The van der Waals surface area contributed by atoms with E-state index in [1.165, 1.54) is 0 Å². The van der Waals surface area contributed by atoms with E-state index in [0.29, 0.717) is 5.75 Å². The van der Waals surface area contributed by atoms with Crippen molar-refractivity contribution < 1.29 is 9.53 Å². The fourth-order valence-electron chi connectivity index (χ4n) is 1.26. The number of allylic oxidation sites excluding steroid dienone is 2. The monoisotopic (exact) mass is 201 g/mol. The van der Waals surface area contributed by atoms with Crippen molar-refractivity contribution in [3.63, 3.8) is 0 Å². The Bertz CT molecular complexity index is 395. The fourth-order valence-corrected chi connectivity index (χ4v) is 1.26. The zero-order chi connectivity index (χ0) is 10.5. The molecule has 0 saturated carbocycles. The second kappa shape index (κ2) is 4.46. The van der Waals surface area contributed by atoms with Crippen LogP contribution >= 0.6 is 0 Å². The molecule has 0 radical (unpaired) electrons. The van der Waals surface area contributed by atoms with Crippen LogP contribution in [0.3, 0.4) is 0 Å². The predicted octanol–water partition coefficient (Wildman–Crippen LogP) is 1.63. The van der Waals surface area contributed by atoms with Crippen molar-refractivity contribution >= 4 is 5.97 Å². The normalized spacial score (nSPS) is 18.3. The highest BCUT2D eigenvalue weighted by molar-refractivity contribution is 5.80. The number of carbonyl (C=O) groups excluding carboxylic acids is 1. The Balaban J connectivity index is 1.98. The lowest BCUT2D eigenvalue weighted by Gasteiger charge is -2.14. The van der Waals surface area contributed by atoms with Crippen molar-refractivity contribution in [3.8, 4) is 5.75 Å². The summed E-state index contributed by atoms with van der Waals surface area (Å²) in [6, 6.07) is 8.63. The molecule has 0 fully saturated rings. The van der Waals surface area contributed by atoms with E-state index in [1.54, 1.807) is 24.4 Å². The first-order valence-corrected chi connectivity index (χ1v) is 4.72. The molecule has 0 saturated heterocycles. The van der Waals surface area contributed by atoms with Gasteiger partial charge in [-0.05, 0) is 24.4 Å². The fraction of sp³-hybridized carbons (Fsp3) is 0.0833. The van der Waals surface area contributed by atoms with Crippen molar-refractivity contribution in [2.45, 2.75) is 6.04 Å². The SMILES string of the molecule is O=C(Oc1ccccc1)C1C=CC=CN1. The molecule has 76 valence electrons. The summed E-state index contributed by atoms with van der Waals surface area (Å²) in [5.41, 5.74) is 0. The number of benzene rings is 1. The second-order valence-corrected chi connectivity index (χ2v) is 3.12. The van der Waals surface area contributed by atoms with Gasteiger partial charge in [0.15, 0.2) is 0 Å². The molecule has 3 nitrogen and oxygen atoms in total. The van der Waals surface area contributed by atoms with Crippen molar-refractivity contribution in [2.24, 2.45) is 0 Å². The van der Waals surface area contributed by atoms with E-state index in [0.717, 1.165) is 0 Å². The molecule has 1 aromatic rings. The number of esters is 1. The van der Waals surface area contributed by atoms with Gasteiger partial charge in [0.05, 0.1) is 0 Å². The lowest BCUT2D eigenvalue weighted by Crippen LogP contribution is -2.35. The van der Waals surface area contributed by atoms with Gasteiger partial charge >= 0.3 is 5.97 Å². The molecule has 0 amide bonds. The number of nitrogens with one attached hydrogen (secondary N) is 1. The summed E-state index contributed by atoms with van der Waals surface area (Å²) in [7, 11) is 0. The van der Waals surface area contributed by atoms with E-state index < -0.39 is 6.04 Å². The molecule has 1 aliphatic heterocycles. The standard InChI is InChI=1S/C12H11NO2/c14-12(11-8-4-5-9-13-11)15-10-6-2-1-3-7-10/h1-9,11,13H. The zero-order valence-electron chi connectivity index (χ0n) is 8.09. The Morgan fingerprint density at radius 2 is 2.00 bits per heavy atom. The van der Waals surface area contributed by atoms with E-state index >= 15 is 0 Å². The van der Waals surface area contributed by atoms with E-state index in [-0.39, 0.29) is 5.97 Å². The molecule has 0 spiro atoms. The number of dihydropyridines is 1. The molecule has 0 aliphatic carbocycles. The highest BCUT2D eigenvalue weighted by Gasteiger charge is 2.16. The van der Waals surface area contributed by atoms with Crippen LogP contribution in [0, 0.1) is 0 Å². The first kappa shape index (κ1) is 9.52. The number of hydrogen-bond donors (Lipinski definition) is 1. The van der Waals surface area contributed by atoms with Gasteiger partial charge < -0.3 is 10.1 Å². The Hall–Kier alpha value is -2.03. The van der Waals surface area contributed by atoms with Crippen molar-refractivity contribution in [1.29, 1.82) is 0 Å². The third kappa shape index (κ3) is 2.47. The molecule has 15 heavy (non-hydrogen) atoms. The number of para-hydroxylation sites is 1. The number of ether oxygens (including phenoxy) is 1. The van der Waals surface area contributed by atoms with Crippen LogP contribution in [0.4, 0.5) is 0 Å². The number of carbonyl (C=O) groups is 1. The van der Waals surface area contributed by atoms with Crippen LogP contribution in [-0.2, 0) is 4.79 Å². The maximum Gasteiger partial charge on any atom is 0.338 e. The molecule has 1 aromatic carbocycles. The Labute approximate surface area is 88.1 Å². The summed E-state index contributed by atoms with van der Waals surface area (Å²) >= 11 is 0. The van der Waals surface area contributed by atoms with E-state index in [4.69, 9.17) is 4.74 Å². The average molecular weight is 201 g/mol. The van der Waals surface area contributed by atoms with Gasteiger partial charge in [-0.15, -0.1) is 0 Å². The van der Waals surface area contributed by atoms with Gasteiger partial charge in [-0.1, -0.05) is 30.4 Å². The lowest BCUT2D eigenvalue weighted by molar-refractivity contribution is -0.135. The smallest absolute Gasteiger partial charge is 0.338 e. The van der Waals surface area contributed by atoms with E-state index in [1.807, 2.05) is 30.4 Å². The van der Waals surface area contributed by atoms with Gasteiger partial charge in [-0.3, -0.25) is 0 Å². The molecule has 1 atom stereocenters. The topological polar surface area (TPSA) is 38.3 Å². The average Bonchev–Trinajstić information content (AvgIpc) is 2.31. The number of rotatable bonds is 2. The first-order chi connectivity index (χ1) is 7.36. The van der Waals surface area contributed by atoms with E-state index in [9.17, 15) is 4.79 Å². The van der Waals surface area contributed by atoms with Crippen LogP contribution in [0.25, 0.3) is 0 Å². The van der Waals surface area contributed by atoms with Gasteiger partial charge in [0, 0.05) is 0 Å². The van der Waals surface area contributed by atoms with Crippen molar-refractivity contribution in [3.05, 3.63) is 54.8 Å². The molecule has 3 heteroatoms.